The summed E-state index contributed by atoms with van der Waals surface area (Å²) in [5.41, 5.74) is 2.36. The second-order valence-corrected chi connectivity index (χ2v) is 5.28. The first-order valence-electron chi connectivity index (χ1n) is 7.61. The van der Waals surface area contributed by atoms with Crippen molar-refractivity contribution in [3.05, 3.63) is 60.2 Å². The van der Waals surface area contributed by atoms with Crippen molar-refractivity contribution in [2.75, 3.05) is 31.6 Å². The molecule has 2 aromatic rings. The lowest BCUT2D eigenvalue weighted by atomic mass is 10.2. The number of hydrogen-bond donors (Lipinski definition) is 3. The zero-order valence-electron chi connectivity index (χ0n) is 13.4. The third kappa shape index (κ3) is 7.88. The van der Waals surface area contributed by atoms with E-state index in [1.165, 1.54) is 5.56 Å². The molecule has 4 nitrogen and oxygen atoms in total. The van der Waals surface area contributed by atoms with Crippen molar-refractivity contribution < 1.29 is 9.84 Å². The summed E-state index contributed by atoms with van der Waals surface area (Å²) in [7, 11) is 0. The van der Waals surface area contributed by atoms with Gasteiger partial charge in [0, 0.05) is 25.3 Å². The second kappa shape index (κ2) is 10.9. The van der Waals surface area contributed by atoms with Crippen molar-refractivity contribution in [3.63, 3.8) is 0 Å². The van der Waals surface area contributed by atoms with Gasteiger partial charge in [-0.3, -0.25) is 0 Å². The first-order chi connectivity index (χ1) is 10.7. The van der Waals surface area contributed by atoms with Gasteiger partial charge in [0.05, 0.1) is 0 Å². The average Bonchev–Trinajstić information content (AvgIpc) is 2.54. The van der Waals surface area contributed by atoms with Crippen LogP contribution in [-0.4, -0.2) is 37.5 Å². The van der Waals surface area contributed by atoms with Crippen LogP contribution in [0, 0.1) is 6.92 Å². The van der Waals surface area contributed by atoms with Crippen LogP contribution in [0.15, 0.2) is 54.6 Å². The van der Waals surface area contributed by atoms with Crippen molar-refractivity contribution in [1.29, 1.82) is 0 Å². The molecule has 0 radical (unpaired) electrons. The molecule has 2 aromatic carbocycles. The number of benzene rings is 2. The maximum atomic E-state index is 9.86. The van der Waals surface area contributed by atoms with Crippen LogP contribution >= 0.6 is 12.4 Å². The van der Waals surface area contributed by atoms with Crippen LogP contribution in [0.1, 0.15) is 5.56 Å². The Morgan fingerprint density at radius 3 is 2.57 bits per heavy atom. The molecular weight excluding hydrogens is 312 g/mol. The third-order valence-electron chi connectivity index (χ3n) is 3.21. The minimum absolute atomic E-state index is 0. The Balaban J connectivity index is 0.00000264. The first kappa shape index (κ1) is 19.3. The molecule has 0 amide bonds. The van der Waals surface area contributed by atoms with Crippen LogP contribution in [0.25, 0.3) is 0 Å². The molecule has 1 unspecified atom stereocenters. The molecule has 0 saturated carbocycles. The fourth-order valence-corrected chi connectivity index (χ4v) is 2.09. The van der Waals surface area contributed by atoms with Gasteiger partial charge >= 0.3 is 0 Å². The Labute approximate surface area is 144 Å². The lowest BCUT2D eigenvalue weighted by Crippen LogP contribution is -2.34. The van der Waals surface area contributed by atoms with E-state index in [0.29, 0.717) is 13.2 Å². The van der Waals surface area contributed by atoms with E-state index < -0.39 is 6.10 Å². The van der Waals surface area contributed by atoms with Crippen LogP contribution < -0.4 is 15.4 Å². The van der Waals surface area contributed by atoms with Gasteiger partial charge in [0.1, 0.15) is 18.5 Å². The molecule has 0 aliphatic rings. The van der Waals surface area contributed by atoms with Crippen LogP contribution in [-0.2, 0) is 0 Å². The number of rotatable bonds is 9. The molecule has 1 atom stereocenters. The lowest BCUT2D eigenvalue weighted by Gasteiger charge is -2.14. The zero-order valence-corrected chi connectivity index (χ0v) is 14.2. The Morgan fingerprint density at radius 1 is 1.04 bits per heavy atom. The number of hydrogen-bond acceptors (Lipinski definition) is 4. The second-order valence-electron chi connectivity index (χ2n) is 5.28. The minimum atomic E-state index is -0.515. The maximum Gasteiger partial charge on any atom is 0.119 e. The Hall–Kier alpha value is -1.75. The smallest absolute Gasteiger partial charge is 0.119 e. The fraction of sp³-hybridized carbons (Fsp3) is 0.333. The van der Waals surface area contributed by atoms with E-state index in [2.05, 4.69) is 35.8 Å². The monoisotopic (exact) mass is 336 g/mol. The van der Waals surface area contributed by atoms with Gasteiger partial charge in [-0.15, -0.1) is 12.4 Å². The van der Waals surface area contributed by atoms with Crippen LogP contribution in [0.3, 0.4) is 0 Å². The first-order valence-corrected chi connectivity index (χ1v) is 7.61. The van der Waals surface area contributed by atoms with E-state index in [1.807, 2.05) is 36.4 Å². The highest BCUT2D eigenvalue weighted by molar-refractivity contribution is 5.85. The molecular formula is C18H25ClN2O2. The zero-order chi connectivity index (χ0) is 15.6. The summed E-state index contributed by atoms with van der Waals surface area (Å²) in [6, 6.07) is 17.8. The van der Waals surface area contributed by atoms with Crippen molar-refractivity contribution in [1.82, 2.24) is 5.32 Å². The lowest BCUT2D eigenvalue weighted by molar-refractivity contribution is 0.107. The number of aliphatic hydroxyl groups is 1. The predicted octanol–water partition coefficient (Wildman–Crippen LogP) is 2.86. The largest absolute Gasteiger partial charge is 0.491 e. The number of anilines is 1. The number of nitrogens with one attached hydrogen (secondary N) is 2. The predicted molar refractivity (Wildman–Crippen MR) is 97.7 cm³/mol. The van der Waals surface area contributed by atoms with Gasteiger partial charge in [0.2, 0.25) is 0 Å². The maximum absolute atomic E-state index is 9.86. The molecule has 0 fully saturated rings. The summed E-state index contributed by atoms with van der Waals surface area (Å²) in [6.07, 6.45) is -0.515. The molecule has 0 saturated heterocycles. The van der Waals surface area contributed by atoms with Crippen molar-refractivity contribution in [2.24, 2.45) is 0 Å². The highest BCUT2D eigenvalue weighted by Crippen LogP contribution is 2.09. The summed E-state index contributed by atoms with van der Waals surface area (Å²) >= 11 is 0. The molecule has 0 heterocycles. The summed E-state index contributed by atoms with van der Waals surface area (Å²) in [4.78, 5) is 0. The van der Waals surface area contributed by atoms with Gasteiger partial charge in [-0.25, -0.2) is 0 Å². The normalized spacial score (nSPS) is 11.4. The molecule has 0 bridgehead atoms. The number of ether oxygens (including phenoxy) is 1. The summed E-state index contributed by atoms with van der Waals surface area (Å²) in [5.74, 6) is 0.780. The summed E-state index contributed by atoms with van der Waals surface area (Å²) in [5, 5.41) is 16.4. The highest BCUT2D eigenvalue weighted by atomic mass is 35.5. The van der Waals surface area contributed by atoms with E-state index in [-0.39, 0.29) is 12.4 Å². The van der Waals surface area contributed by atoms with Crippen LogP contribution in [0.5, 0.6) is 5.75 Å². The summed E-state index contributed by atoms with van der Waals surface area (Å²) < 4.78 is 5.50. The van der Waals surface area contributed by atoms with Gasteiger partial charge in [-0.05, 0) is 36.8 Å². The van der Waals surface area contributed by atoms with E-state index in [4.69, 9.17) is 4.74 Å². The highest BCUT2D eigenvalue weighted by Gasteiger charge is 2.04. The minimum Gasteiger partial charge on any atom is -0.491 e. The van der Waals surface area contributed by atoms with Gasteiger partial charge in [-0.2, -0.15) is 0 Å². The fourth-order valence-electron chi connectivity index (χ4n) is 2.09. The van der Waals surface area contributed by atoms with Crippen molar-refractivity contribution in [3.8, 4) is 5.75 Å². The molecule has 5 heteroatoms. The molecule has 0 aliphatic heterocycles. The molecule has 0 aromatic heterocycles. The Bertz CT molecular complexity index is 552. The standard InChI is InChI=1S/C18H24N2O2.ClH/c1-15-6-5-7-16(12-15)20-11-10-19-13-17(21)14-22-18-8-3-2-4-9-18;/h2-9,12,17,19-21H,10-11,13-14H2,1H3;1H. The number of para-hydroxylation sites is 1. The number of aliphatic hydroxyl groups excluding tert-OH is 1. The van der Waals surface area contributed by atoms with Crippen LogP contribution in [0.2, 0.25) is 0 Å². The van der Waals surface area contributed by atoms with E-state index in [1.54, 1.807) is 0 Å². The molecule has 0 spiro atoms. The number of halogens is 1. The Morgan fingerprint density at radius 2 is 1.83 bits per heavy atom. The topological polar surface area (TPSA) is 53.5 Å². The summed E-state index contributed by atoms with van der Waals surface area (Å²) in [6.45, 7) is 4.49. The molecule has 0 aliphatic carbocycles. The third-order valence-corrected chi connectivity index (χ3v) is 3.21. The molecule has 23 heavy (non-hydrogen) atoms. The van der Waals surface area contributed by atoms with Crippen LogP contribution in [0.4, 0.5) is 5.69 Å². The van der Waals surface area contributed by atoms with Gasteiger partial charge in [0.15, 0.2) is 0 Å². The number of aryl methyl sites for hydroxylation is 1. The Kier molecular flexibility index (Phi) is 9.14. The quantitative estimate of drug-likeness (QED) is 0.616. The van der Waals surface area contributed by atoms with Gasteiger partial charge in [-0.1, -0.05) is 30.3 Å². The molecule has 3 N–H and O–H groups in total. The molecule has 126 valence electrons. The van der Waals surface area contributed by atoms with E-state index in [0.717, 1.165) is 24.5 Å². The van der Waals surface area contributed by atoms with E-state index in [9.17, 15) is 5.11 Å². The average molecular weight is 337 g/mol. The van der Waals surface area contributed by atoms with Crippen molar-refractivity contribution in [2.45, 2.75) is 13.0 Å². The van der Waals surface area contributed by atoms with Crippen molar-refractivity contribution >= 4 is 18.1 Å². The molecule has 2 rings (SSSR count). The van der Waals surface area contributed by atoms with E-state index >= 15 is 0 Å². The van der Waals surface area contributed by atoms with Gasteiger partial charge in [0.25, 0.3) is 0 Å². The SMILES string of the molecule is Cc1cccc(NCCNCC(O)COc2ccccc2)c1.Cl. The van der Waals surface area contributed by atoms with Gasteiger partial charge < -0.3 is 20.5 Å².